The molecule has 0 aliphatic heterocycles. The quantitative estimate of drug-likeness (QED) is 0.0459. The molecule has 12 heteroatoms. The first kappa shape index (κ1) is 51.4. The Morgan fingerprint density at radius 1 is 0.692 bits per heavy atom. The molecule has 8 rings (SSSR count). The Balaban J connectivity index is 0.000000194. The van der Waals surface area contributed by atoms with E-state index in [0.717, 1.165) is 109 Å². The Labute approximate surface area is 407 Å². The molecule has 2 N–H and O–H groups in total. The SMILES string of the molecule is C=C(CCC)OO[C@H]1CC[C@@]2(C)C(=C[C@H](O)C3C4C[C@@H](Br)C(OC(C)=O)[C@@]4(C)CCC32)C1.C=C(CCC)OO[C@H]1CC[C@@]2(C)C(C1)C[C@H](O)C1C2CC[C@@]2(C)C1C[C@@H](Br)[C@@H]2OC(=O)CC. The molecule has 65 heavy (non-hydrogen) atoms. The van der Waals surface area contributed by atoms with Crippen molar-refractivity contribution >= 4 is 43.8 Å². The van der Waals surface area contributed by atoms with Crippen molar-refractivity contribution in [2.75, 3.05) is 0 Å². The van der Waals surface area contributed by atoms with Crippen LogP contribution in [0.1, 0.15) is 171 Å². The van der Waals surface area contributed by atoms with Crippen LogP contribution >= 0.6 is 31.9 Å². The molecule has 0 heterocycles. The number of rotatable bonds is 13. The molecule has 0 aromatic carbocycles. The van der Waals surface area contributed by atoms with Gasteiger partial charge in [0.15, 0.2) is 0 Å². The van der Waals surface area contributed by atoms with Gasteiger partial charge in [0.1, 0.15) is 35.9 Å². The van der Waals surface area contributed by atoms with E-state index >= 15 is 0 Å². The molecule has 0 saturated heterocycles. The molecular formula is C53H82Br2O10. The average molecular weight is 1040 g/mol. The van der Waals surface area contributed by atoms with E-state index in [0.29, 0.717) is 47.5 Å². The van der Waals surface area contributed by atoms with Gasteiger partial charge in [-0.1, -0.05) is 105 Å². The van der Waals surface area contributed by atoms with Gasteiger partial charge in [-0.2, -0.15) is 9.78 Å². The molecule has 0 amide bonds. The molecule has 368 valence electrons. The van der Waals surface area contributed by atoms with Crippen LogP contribution in [-0.2, 0) is 38.6 Å². The second kappa shape index (κ2) is 20.5. The van der Waals surface area contributed by atoms with Crippen molar-refractivity contribution in [1.82, 2.24) is 0 Å². The Kier molecular flexibility index (Phi) is 16.2. The number of hydrogen-bond acceptors (Lipinski definition) is 10. The second-order valence-corrected chi connectivity index (χ2v) is 25.1. The van der Waals surface area contributed by atoms with Crippen molar-refractivity contribution in [3.05, 3.63) is 36.3 Å². The monoisotopic (exact) mass is 1040 g/mol. The summed E-state index contributed by atoms with van der Waals surface area (Å²) >= 11 is 7.67. The van der Waals surface area contributed by atoms with Gasteiger partial charge in [0.05, 0.1) is 21.9 Å². The number of aliphatic hydroxyl groups excluding tert-OH is 2. The standard InChI is InChI=1S/C27H43BrO5.C26H39BrO5/c1-6-8-16(3)32-33-18-9-11-26(4)17(13-18)14-22(29)24-19(26)10-12-27(5)20(24)15-21(28)25(27)31-23(30)7-2;1-6-7-15(2)31-32-18-8-10-25(4)17(12-18)13-22(29)23-19(25)9-11-26(5)20(23)14-21(27)24(26)30-16(3)28/h17-22,24-25,29H,3,6-15H2,1-2,4-5H3;13,18-24,29H,2,6-12,14H2,1,3-5H3/t17?,18-,19?,20?,21+,22-,24?,25-,26-,27-;18-,19?,20?,21+,22-,23?,24?,25-,26-/m00/s1. The fraction of sp³-hybridized carbons (Fsp3) is 0.849. The van der Waals surface area contributed by atoms with E-state index in [9.17, 15) is 19.8 Å². The summed E-state index contributed by atoms with van der Waals surface area (Å²) in [4.78, 5) is 46.7. The summed E-state index contributed by atoms with van der Waals surface area (Å²) in [6, 6.07) is 0. The summed E-state index contributed by atoms with van der Waals surface area (Å²) in [5, 5.41) is 22.8. The molecule has 0 aromatic heterocycles. The van der Waals surface area contributed by atoms with Crippen LogP contribution in [0.25, 0.3) is 0 Å². The van der Waals surface area contributed by atoms with E-state index in [2.05, 4.69) is 92.6 Å². The first-order chi connectivity index (χ1) is 30.7. The summed E-state index contributed by atoms with van der Waals surface area (Å²) in [6.45, 7) is 24.8. The van der Waals surface area contributed by atoms with Crippen LogP contribution in [0.4, 0.5) is 0 Å². The molecule has 10 nitrogen and oxygen atoms in total. The van der Waals surface area contributed by atoms with Crippen molar-refractivity contribution in [3.63, 3.8) is 0 Å². The summed E-state index contributed by atoms with van der Waals surface area (Å²) < 4.78 is 11.8. The smallest absolute Gasteiger partial charge is 0.305 e. The van der Waals surface area contributed by atoms with Crippen molar-refractivity contribution in [2.45, 2.75) is 217 Å². The van der Waals surface area contributed by atoms with Crippen LogP contribution in [0.5, 0.6) is 0 Å². The third-order valence-electron chi connectivity index (χ3n) is 19.0. The van der Waals surface area contributed by atoms with Gasteiger partial charge < -0.3 is 29.5 Å². The van der Waals surface area contributed by atoms with Gasteiger partial charge in [0.25, 0.3) is 0 Å². The topological polar surface area (TPSA) is 130 Å². The van der Waals surface area contributed by atoms with Crippen LogP contribution in [0, 0.1) is 63.1 Å². The Morgan fingerprint density at radius 3 is 1.82 bits per heavy atom. The predicted octanol–water partition coefficient (Wildman–Crippen LogP) is 12.2. The first-order valence-electron chi connectivity index (χ1n) is 25.5. The molecular weight excluding hydrogens is 956 g/mol. The number of carbonyl (C=O) groups excluding carboxylic acids is 2. The lowest BCUT2D eigenvalue weighted by Gasteiger charge is -2.62. The number of aliphatic hydroxyl groups is 2. The van der Waals surface area contributed by atoms with E-state index in [4.69, 9.17) is 29.0 Å². The van der Waals surface area contributed by atoms with Crippen molar-refractivity contribution < 1.29 is 48.8 Å². The van der Waals surface area contributed by atoms with Gasteiger partial charge in [-0.3, -0.25) is 9.59 Å². The number of ether oxygens (including phenoxy) is 2. The van der Waals surface area contributed by atoms with Gasteiger partial charge in [-0.05, 0) is 149 Å². The summed E-state index contributed by atoms with van der Waals surface area (Å²) in [6.07, 6.45) is 18.0. The largest absolute Gasteiger partial charge is 0.461 e. The zero-order chi connectivity index (χ0) is 47.2. The third-order valence-corrected chi connectivity index (χ3v) is 20.7. The molecule has 0 radical (unpaired) electrons. The van der Waals surface area contributed by atoms with Crippen molar-refractivity contribution in [3.8, 4) is 0 Å². The maximum absolute atomic E-state index is 12.2. The molecule has 7 fully saturated rings. The van der Waals surface area contributed by atoms with Gasteiger partial charge in [-0.15, -0.1) is 0 Å². The highest BCUT2D eigenvalue weighted by Crippen LogP contribution is 2.68. The molecule has 8 aliphatic carbocycles. The number of esters is 2. The predicted molar refractivity (Wildman–Crippen MR) is 258 cm³/mol. The number of alkyl halides is 2. The van der Waals surface area contributed by atoms with Crippen LogP contribution in [0.2, 0.25) is 0 Å². The molecule has 0 bridgehead atoms. The van der Waals surface area contributed by atoms with Crippen LogP contribution in [0.15, 0.2) is 36.3 Å². The summed E-state index contributed by atoms with van der Waals surface area (Å²) in [5.41, 5.74) is 1.44. The Hall–Kier alpha value is -1.44. The third kappa shape index (κ3) is 9.86. The molecule has 0 spiro atoms. The zero-order valence-electron chi connectivity index (χ0n) is 40.8. The van der Waals surface area contributed by atoms with Crippen molar-refractivity contribution in [2.24, 2.45) is 63.1 Å². The van der Waals surface area contributed by atoms with E-state index in [1.54, 1.807) is 0 Å². The average Bonchev–Trinajstić information content (AvgIpc) is 3.66. The number of halogens is 2. The zero-order valence-corrected chi connectivity index (χ0v) is 44.0. The van der Waals surface area contributed by atoms with Crippen LogP contribution in [0.3, 0.4) is 0 Å². The maximum atomic E-state index is 12.2. The highest BCUT2D eigenvalue weighted by Gasteiger charge is 2.66. The molecule has 8 aliphatic rings. The molecule has 19 atom stereocenters. The maximum Gasteiger partial charge on any atom is 0.305 e. The minimum absolute atomic E-state index is 0.00675. The lowest BCUT2D eigenvalue weighted by molar-refractivity contribution is -0.313. The highest BCUT2D eigenvalue weighted by molar-refractivity contribution is 9.09. The number of allylic oxidation sites excluding steroid dienone is 2. The van der Waals surface area contributed by atoms with E-state index < -0.39 is 6.10 Å². The lowest BCUT2D eigenvalue weighted by atomic mass is 9.44. The lowest BCUT2D eigenvalue weighted by Crippen LogP contribution is -2.59. The van der Waals surface area contributed by atoms with Crippen LogP contribution in [-0.4, -0.2) is 68.4 Å². The minimum Gasteiger partial charge on any atom is -0.461 e. The van der Waals surface area contributed by atoms with E-state index in [-0.39, 0.29) is 85.6 Å². The van der Waals surface area contributed by atoms with Gasteiger partial charge >= 0.3 is 11.9 Å². The summed E-state index contributed by atoms with van der Waals surface area (Å²) in [5.74, 6) is 3.58. The van der Waals surface area contributed by atoms with Crippen molar-refractivity contribution in [1.29, 1.82) is 0 Å². The number of hydrogen-bond donors (Lipinski definition) is 2. The molecule has 0 aromatic rings. The minimum atomic E-state index is -0.474. The Morgan fingerprint density at radius 2 is 1.23 bits per heavy atom. The molecule has 8 unspecified atom stereocenters. The first-order valence-corrected chi connectivity index (χ1v) is 27.3. The fourth-order valence-corrected chi connectivity index (χ4v) is 17.8. The normalized spacial score (nSPS) is 45.9. The summed E-state index contributed by atoms with van der Waals surface area (Å²) in [7, 11) is 0. The van der Waals surface area contributed by atoms with Crippen LogP contribution < -0.4 is 0 Å². The highest BCUT2D eigenvalue weighted by atomic mass is 79.9. The second-order valence-electron chi connectivity index (χ2n) is 22.8. The molecule has 7 saturated carbocycles. The number of carbonyl (C=O) groups is 2. The fourth-order valence-electron chi connectivity index (χ4n) is 15.6. The van der Waals surface area contributed by atoms with Gasteiger partial charge in [0.2, 0.25) is 0 Å². The number of fused-ring (bicyclic) bond motifs is 10. The van der Waals surface area contributed by atoms with E-state index in [1.165, 1.54) is 12.5 Å². The van der Waals surface area contributed by atoms with Gasteiger partial charge in [-0.25, -0.2) is 0 Å². The van der Waals surface area contributed by atoms with Gasteiger partial charge in [0, 0.05) is 37.0 Å². The Bertz CT molecular complexity index is 1770. The van der Waals surface area contributed by atoms with E-state index in [1.807, 2.05) is 6.92 Å².